The molecule has 0 fully saturated rings. The Morgan fingerprint density at radius 2 is 1.77 bits per heavy atom. The number of alkyl halides is 3. The van der Waals surface area contributed by atoms with E-state index < -0.39 is 34.2 Å². The number of anilines is 2. The van der Waals surface area contributed by atoms with Gasteiger partial charge in [-0.2, -0.15) is 13.2 Å². The quantitative estimate of drug-likeness (QED) is 0.856. The number of hydrogen-bond donors (Lipinski definition) is 1. The Morgan fingerprint density at radius 3 is 2.35 bits per heavy atom. The predicted molar refractivity (Wildman–Crippen MR) is 93.4 cm³/mol. The van der Waals surface area contributed by atoms with Crippen molar-refractivity contribution in [3.8, 4) is 0 Å². The van der Waals surface area contributed by atoms with E-state index in [2.05, 4.69) is 5.32 Å². The largest absolute Gasteiger partial charge is 0.416 e. The molecule has 140 valence electrons. The fraction of sp³-hybridized carbons (Fsp3) is 0.235. The van der Waals surface area contributed by atoms with Crippen LogP contribution in [0.2, 0.25) is 0 Å². The van der Waals surface area contributed by atoms with Gasteiger partial charge in [-0.25, -0.2) is 8.42 Å². The van der Waals surface area contributed by atoms with Crippen LogP contribution in [0.5, 0.6) is 0 Å². The van der Waals surface area contributed by atoms with Crippen LogP contribution in [0.3, 0.4) is 0 Å². The molecule has 0 radical (unpaired) electrons. The van der Waals surface area contributed by atoms with Crippen molar-refractivity contribution >= 4 is 27.3 Å². The number of nitrogens with one attached hydrogen (secondary N) is 1. The van der Waals surface area contributed by atoms with Crippen LogP contribution < -0.4 is 9.62 Å². The van der Waals surface area contributed by atoms with Crippen LogP contribution in [0, 0.1) is 6.92 Å². The average Bonchev–Trinajstić information content (AvgIpc) is 2.51. The van der Waals surface area contributed by atoms with Crippen LogP contribution in [0.1, 0.15) is 11.1 Å². The maximum atomic E-state index is 12.7. The zero-order chi connectivity index (χ0) is 19.5. The van der Waals surface area contributed by atoms with E-state index in [1.165, 1.54) is 12.1 Å². The average molecular weight is 386 g/mol. The number of rotatable bonds is 5. The molecule has 26 heavy (non-hydrogen) atoms. The van der Waals surface area contributed by atoms with E-state index in [-0.39, 0.29) is 5.69 Å². The van der Waals surface area contributed by atoms with Crippen LogP contribution in [0.4, 0.5) is 24.5 Å². The third-order valence-electron chi connectivity index (χ3n) is 3.45. The molecule has 0 atom stereocenters. The number of nitrogens with zero attached hydrogens (tertiary/aromatic N) is 1. The Bertz CT molecular complexity index is 911. The second-order valence-corrected chi connectivity index (χ2v) is 7.64. The number of sulfonamides is 1. The van der Waals surface area contributed by atoms with Crippen LogP contribution in [0.25, 0.3) is 0 Å². The minimum absolute atomic E-state index is 0.0671. The highest BCUT2D eigenvalue weighted by Gasteiger charge is 2.30. The Balaban J connectivity index is 2.21. The zero-order valence-electron chi connectivity index (χ0n) is 14.0. The molecule has 1 N–H and O–H groups in total. The number of carbonyl (C=O) groups is 1. The van der Waals surface area contributed by atoms with Gasteiger partial charge in [-0.3, -0.25) is 9.10 Å². The molecule has 0 heterocycles. The van der Waals surface area contributed by atoms with E-state index in [9.17, 15) is 26.4 Å². The van der Waals surface area contributed by atoms with E-state index in [0.29, 0.717) is 5.69 Å². The summed E-state index contributed by atoms with van der Waals surface area (Å²) in [5, 5.41) is 2.30. The number of amides is 1. The Kier molecular flexibility index (Phi) is 5.60. The first-order valence-corrected chi connectivity index (χ1v) is 9.33. The summed E-state index contributed by atoms with van der Waals surface area (Å²) in [7, 11) is -3.76. The fourth-order valence-corrected chi connectivity index (χ4v) is 3.14. The van der Waals surface area contributed by atoms with Crippen molar-refractivity contribution in [3.63, 3.8) is 0 Å². The van der Waals surface area contributed by atoms with Gasteiger partial charge in [0.25, 0.3) is 0 Å². The molecule has 0 bridgehead atoms. The molecule has 2 rings (SSSR count). The van der Waals surface area contributed by atoms with E-state index >= 15 is 0 Å². The zero-order valence-corrected chi connectivity index (χ0v) is 14.9. The minimum Gasteiger partial charge on any atom is -0.325 e. The summed E-state index contributed by atoms with van der Waals surface area (Å²) in [5.74, 6) is -0.753. The summed E-state index contributed by atoms with van der Waals surface area (Å²) < 4.78 is 63.1. The van der Waals surface area contributed by atoms with Crippen LogP contribution in [-0.2, 0) is 21.0 Å². The standard InChI is InChI=1S/C17H17F3N2O3S/c1-12-5-3-8-15(9-12)22(26(2,24)25)11-16(23)21-14-7-4-6-13(10-14)17(18,19)20/h3-10H,11H2,1-2H3,(H,21,23). The molecule has 0 saturated heterocycles. The van der Waals surface area contributed by atoms with Gasteiger partial charge in [0.1, 0.15) is 6.54 Å². The van der Waals surface area contributed by atoms with Crippen LogP contribution in [0.15, 0.2) is 48.5 Å². The molecular formula is C17H17F3N2O3S. The van der Waals surface area contributed by atoms with Gasteiger partial charge in [0.15, 0.2) is 0 Å². The lowest BCUT2D eigenvalue weighted by molar-refractivity contribution is -0.137. The highest BCUT2D eigenvalue weighted by Crippen LogP contribution is 2.30. The number of benzene rings is 2. The Hall–Kier alpha value is -2.55. The van der Waals surface area contributed by atoms with Gasteiger partial charge in [-0.05, 0) is 42.8 Å². The topological polar surface area (TPSA) is 66.5 Å². The molecule has 2 aromatic carbocycles. The van der Waals surface area contributed by atoms with Crippen molar-refractivity contribution in [2.24, 2.45) is 0 Å². The Morgan fingerprint density at radius 1 is 1.12 bits per heavy atom. The molecule has 0 aliphatic carbocycles. The summed E-state index contributed by atoms with van der Waals surface area (Å²) in [6, 6.07) is 10.7. The summed E-state index contributed by atoms with van der Waals surface area (Å²) in [5.41, 5.74) is 0.123. The predicted octanol–water partition coefficient (Wildman–Crippen LogP) is 3.42. The smallest absolute Gasteiger partial charge is 0.325 e. The second kappa shape index (κ2) is 7.36. The van der Waals surface area contributed by atoms with Crippen LogP contribution in [-0.4, -0.2) is 27.1 Å². The van der Waals surface area contributed by atoms with Crippen molar-refractivity contribution in [2.45, 2.75) is 13.1 Å². The highest BCUT2D eigenvalue weighted by atomic mass is 32.2. The number of carbonyl (C=O) groups excluding carboxylic acids is 1. The van der Waals surface area contributed by atoms with Crippen molar-refractivity contribution in [3.05, 3.63) is 59.7 Å². The van der Waals surface area contributed by atoms with Crippen molar-refractivity contribution in [2.75, 3.05) is 22.4 Å². The van der Waals surface area contributed by atoms with Gasteiger partial charge in [0.05, 0.1) is 17.5 Å². The highest BCUT2D eigenvalue weighted by molar-refractivity contribution is 7.92. The normalized spacial score (nSPS) is 11.9. The van der Waals surface area contributed by atoms with E-state index in [4.69, 9.17) is 0 Å². The number of hydrogen-bond acceptors (Lipinski definition) is 3. The summed E-state index contributed by atoms with van der Waals surface area (Å²) in [6.45, 7) is 1.21. The first-order chi connectivity index (χ1) is 12.0. The van der Waals surface area contributed by atoms with Crippen molar-refractivity contribution in [1.82, 2.24) is 0 Å². The van der Waals surface area contributed by atoms with Crippen molar-refractivity contribution in [1.29, 1.82) is 0 Å². The Labute approximate surface area is 149 Å². The molecule has 0 saturated carbocycles. The van der Waals surface area contributed by atoms with Gasteiger partial charge in [-0.15, -0.1) is 0 Å². The number of halogens is 3. The first-order valence-electron chi connectivity index (χ1n) is 7.48. The third-order valence-corrected chi connectivity index (χ3v) is 4.59. The monoisotopic (exact) mass is 386 g/mol. The molecular weight excluding hydrogens is 369 g/mol. The molecule has 0 aromatic heterocycles. The fourth-order valence-electron chi connectivity index (χ4n) is 2.29. The third kappa shape index (κ3) is 5.22. The first kappa shape index (κ1) is 19.8. The summed E-state index contributed by atoms with van der Waals surface area (Å²) >= 11 is 0. The molecule has 2 aromatic rings. The summed E-state index contributed by atoms with van der Waals surface area (Å²) in [4.78, 5) is 12.2. The molecule has 9 heteroatoms. The molecule has 0 spiro atoms. The maximum Gasteiger partial charge on any atom is 0.416 e. The molecule has 0 aliphatic rings. The lowest BCUT2D eigenvalue weighted by Crippen LogP contribution is -2.37. The molecule has 0 aliphatic heterocycles. The molecule has 1 amide bonds. The number of aryl methyl sites for hydroxylation is 1. The minimum atomic E-state index is -4.54. The SMILES string of the molecule is Cc1cccc(N(CC(=O)Nc2cccc(C(F)(F)F)c2)S(C)(=O)=O)c1. The van der Waals surface area contributed by atoms with Gasteiger partial charge in [0.2, 0.25) is 15.9 Å². The van der Waals surface area contributed by atoms with Gasteiger partial charge in [-0.1, -0.05) is 18.2 Å². The van der Waals surface area contributed by atoms with E-state index in [1.807, 2.05) is 0 Å². The van der Waals surface area contributed by atoms with Gasteiger partial charge in [0, 0.05) is 5.69 Å². The van der Waals surface area contributed by atoms with E-state index in [0.717, 1.165) is 34.3 Å². The summed E-state index contributed by atoms with van der Waals surface area (Å²) in [6.07, 6.45) is -3.59. The van der Waals surface area contributed by atoms with Crippen molar-refractivity contribution < 1.29 is 26.4 Å². The lowest BCUT2D eigenvalue weighted by atomic mass is 10.2. The second-order valence-electron chi connectivity index (χ2n) is 5.74. The molecule has 5 nitrogen and oxygen atoms in total. The van der Waals surface area contributed by atoms with Gasteiger partial charge >= 0.3 is 6.18 Å². The molecule has 0 unspecified atom stereocenters. The van der Waals surface area contributed by atoms with Gasteiger partial charge < -0.3 is 5.32 Å². The van der Waals surface area contributed by atoms with Crippen LogP contribution >= 0.6 is 0 Å². The lowest BCUT2D eigenvalue weighted by Gasteiger charge is -2.22. The van der Waals surface area contributed by atoms with E-state index in [1.54, 1.807) is 25.1 Å². The maximum absolute atomic E-state index is 12.7.